The number of hydrogen-bond donors (Lipinski definition) is 1. The molecular formula is C9H9O3. The first-order valence-corrected chi connectivity index (χ1v) is 3.62. The maximum atomic E-state index is 10.5. The molecule has 3 nitrogen and oxygen atoms in total. The zero-order chi connectivity index (χ0) is 8.97. The lowest BCUT2D eigenvalue weighted by Crippen LogP contribution is -2.14. The summed E-state index contributed by atoms with van der Waals surface area (Å²) in [5.74, 6) is -2.16. The largest absolute Gasteiger partial charge is 0.395 e. The van der Waals surface area contributed by atoms with Gasteiger partial charge in [-0.2, -0.15) is 0 Å². The third-order valence-electron chi connectivity index (χ3n) is 1.67. The Kier molecular flexibility index (Phi) is 2.82. The highest BCUT2D eigenvalue weighted by Gasteiger charge is 2.19. The molecule has 0 aliphatic carbocycles. The van der Waals surface area contributed by atoms with Crippen LogP contribution in [0.5, 0.6) is 0 Å². The fourth-order valence-corrected chi connectivity index (χ4v) is 1.00. The highest BCUT2D eigenvalue weighted by atomic mass is 16.4. The molecule has 1 atom stereocenters. The standard InChI is InChI=1S/C9H9O3/c10-6-8(9(11)12)7-4-2-1-3-5-7/h1-5,8,10H,6H2. The smallest absolute Gasteiger partial charge is 0.365 e. The van der Waals surface area contributed by atoms with E-state index in [0.717, 1.165) is 0 Å². The number of carbonyl (C=O) groups is 1. The molecular weight excluding hydrogens is 156 g/mol. The summed E-state index contributed by atoms with van der Waals surface area (Å²) in [7, 11) is 0. The second kappa shape index (κ2) is 3.88. The number of aliphatic hydroxyl groups is 1. The van der Waals surface area contributed by atoms with Crippen LogP contribution in [-0.4, -0.2) is 17.7 Å². The molecule has 1 radical (unpaired) electrons. The Morgan fingerprint density at radius 1 is 1.33 bits per heavy atom. The van der Waals surface area contributed by atoms with Crippen LogP contribution in [0.3, 0.4) is 0 Å². The predicted molar refractivity (Wildman–Crippen MR) is 42.0 cm³/mol. The molecule has 63 valence electrons. The van der Waals surface area contributed by atoms with Gasteiger partial charge in [-0.05, 0) is 5.56 Å². The van der Waals surface area contributed by atoms with E-state index in [4.69, 9.17) is 5.11 Å². The molecule has 0 bridgehead atoms. The number of aliphatic hydroxyl groups excluding tert-OH is 1. The molecule has 0 saturated carbocycles. The highest BCUT2D eigenvalue weighted by molar-refractivity contribution is 5.75. The van der Waals surface area contributed by atoms with Crippen LogP contribution in [0.1, 0.15) is 11.5 Å². The van der Waals surface area contributed by atoms with Gasteiger partial charge in [0.25, 0.3) is 0 Å². The van der Waals surface area contributed by atoms with E-state index in [2.05, 4.69) is 0 Å². The number of hydrogen-bond acceptors (Lipinski definition) is 2. The van der Waals surface area contributed by atoms with E-state index < -0.39 is 18.5 Å². The Bertz CT molecular complexity index is 256. The minimum absolute atomic E-state index is 0.424. The van der Waals surface area contributed by atoms with E-state index in [1.54, 1.807) is 30.3 Å². The summed E-state index contributed by atoms with van der Waals surface area (Å²) in [6.07, 6.45) is 0. The third-order valence-corrected chi connectivity index (χ3v) is 1.67. The molecule has 1 aromatic rings. The van der Waals surface area contributed by atoms with E-state index in [1.165, 1.54) is 0 Å². The molecule has 3 heteroatoms. The first-order chi connectivity index (χ1) is 5.75. The lowest BCUT2D eigenvalue weighted by molar-refractivity contribution is -0.145. The molecule has 1 rings (SSSR count). The monoisotopic (exact) mass is 165 g/mol. The van der Waals surface area contributed by atoms with Gasteiger partial charge < -0.3 is 5.11 Å². The van der Waals surface area contributed by atoms with Gasteiger partial charge in [0, 0.05) is 0 Å². The summed E-state index contributed by atoms with van der Waals surface area (Å²) in [5, 5.41) is 19.2. The molecule has 0 aliphatic rings. The summed E-state index contributed by atoms with van der Waals surface area (Å²) in [4.78, 5) is 10.5. The van der Waals surface area contributed by atoms with Crippen molar-refractivity contribution < 1.29 is 15.0 Å². The van der Waals surface area contributed by atoms with Gasteiger partial charge in [-0.15, -0.1) is 0 Å². The molecule has 1 N–H and O–H groups in total. The van der Waals surface area contributed by atoms with Crippen LogP contribution in [-0.2, 0) is 9.90 Å². The normalized spacial score (nSPS) is 12.4. The topological polar surface area (TPSA) is 57.2 Å². The fraction of sp³-hybridized carbons (Fsp3) is 0.222. The summed E-state index contributed by atoms with van der Waals surface area (Å²) in [5.41, 5.74) is 0.569. The quantitative estimate of drug-likeness (QED) is 0.717. The van der Waals surface area contributed by atoms with Crippen molar-refractivity contribution in [2.45, 2.75) is 5.92 Å². The molecule has 0 spiro atoms. The third kappa shape index (κ3) is 1.83. The molecule has 0 aromatic heterocycles. The Labute approximate surface area is 70.3 Å². The molecule has 0 saturated heterocycles. The predicted octanol–water partition coefficient (Wildman–Crippen LogP) is 0.720. The average molecular weight is 165 g/mol. The van der Waals surface area contributed by atoms with Crippen LogP contribution < -0.4 is 0 Å². The molecule has 0 heterocycles. The fourth-order valence-electron chi connectivity index (χ4n) is 1.00. The summed E-state index contributed by atoms with van der Waals surface area (Å²) >= 11 is 0. The van der Waals surface area contributed by atoms with Crippen LogP contribution in [0.25, 0.3) is 0 Å². The lowest BCUT2D eigenvalue weighted by atomic mass is 10.0. The minimum atomic E-state index is -1.25. The van der Waals surface area contributed by atoms with Gasteiger partial charge >= 0.3 is 5.97 Å². The van der Waals surface area contributed by atoms with E-state index in [1.807, 2.05) is 0 Å². The van der Waals surface area contributed by atoms with Crippen LogP contribution in [0.15, 0.2) is 30.3 Å². The highest BCUT2D eigenvalue weighted by Crippen LogP contribution is 2.14. The van der Waals surface area contributed by atoms with Crippen molar-refractivity contribution in [3.8, 4) is 0 Å². The zero-order valence-corrected chi connectivity index (χ0v) is 6.43. The second-order valence-electron chi connectivity index (χ2n) is 2.46. The Morgan fingerprint density at radius 2 is 1.92 bits per heavy atom. The van der Waals surface area contributed by atoms with Crippen molar-refractivity contribution in [1.29, 1.82) is 0 Å². The maximum absolute atomic E-state index is 10.5. The van der Waals surface area contributed by atoms with Crippen molar-refractivity contribution in [2.24, 2.45) is 0 Å². The van der Waals surface area contributed by atoms with Gasteiger partial charge in [-0.25, -0.2) is 9.90 Å². The summed E-state index contributed by atoms with van der Waals surface area (Å²) in [6.45, 7) is -0.424. The van der Waals surface area contributed by atoms with Crippen LogP contribution in [0.2, 0.25) is 0 Å². The molecule has 0 amide bonds. The van der Waals surface area contributed by atoms with Gasteiger partial charge in [-0.1, -0.05) is 30.3 Å². The van der Waals surface area contributed by atoms with Crippen molar-refractivity contribution in [1.82, 2.24) is 0 Å². The second-order valence-corrected chi connectivity index (χ2v) is 2.46. The SMILES string of the molecule is [O]C(=O)C(CO)c1ccccc1. The minimum Gasteiger partial charge on any atom is -0.395 e. The molecule has 0 fully saturated rings. The average Bonchev–Trinajstić information content (AvgIpc) is 2.07. The van der Waals surface area contributed by atoms with Crippen LogP contribution in [0, 0.1) is 0 Å². The number of rotatable bonds is 3. The van der Waals surface area contributed by atoms with E-state index in [9.17, 15) is 9.90 Å². The number of carbonyl (C=O) groups excluding carboxylic acids is 1. The Morgan fingerprint density at radius 3 is 2.33 bits per heavy atom. The molecule has 1 unspecified atom stereocenters. The maximum Gasteiger partial charge on any atom is 0.365 e. The number of benzene rings is 1. The zero-order valence-electron chi connectivity index (χ0n) is 6.43. The van der Waals surface area contributed by atoms with Crippen LogP contribution >= 0.6 is 0 Å². The van der Waals surface area contributed by atoms with Crippen molar-refractivity contribution in [3.63, 3.8) is 0 Å². The van der Waals surface area contributed by atoms with E-state index in [-0.39, 0.29) is 0 Å². The molecule has 1 aromatic carbocycles. The lowest BCUT2D eigenvalue weighted by Gasteiger charge is -2.06. The van der Waals surface area contributed by atoms with Gasteiger partial charge in [0.15, 0.2) is 0 Å². The first kappa shape index (κ1) is 8.74. The van der Waals surface area contributed by atoms with Crippen molar-refractivity contribution in [3.05, 3.63) is 35.9 Å². The first-order valence-electron chi connectivity index (χ1n) is 3.62. The van der Waals surface area contributed by atoms with E-state index in [0.29, 0.717) is 5.56 Å². The van der Waals surface area contributed by atoms with Gasteiger partial charge in [0.1, 0.15) is 5.92 Å². The Balaban J connectivity index is 2.88. The molecule has 0 aliphatic heterocycles. The van der Waals surface area contributed by atoms with E-state index >= 15 is 0 Å². The summed E-state index contributed by atoms with van der Waals surface area (Å²) < 4.78 is 0. The van der Waals surface area contributed by atoms with Gasteiger partial charge in [-0.3, -0.25) is 0 Å². The van der Waals surface area contributed by atoms with Crippen LogP contribution in [0.4, 0.5) is 0 Å². The van der Waals surface area contributed by atoms with Crippen molar-refractivity contribution in [2.75, 3.05) is 6.61 Å². The molecule has 12 heavy (non-hydrogen) atoms. The van der Waals surface area contributed by atoms with Gasteiger partial charge in [0.2, 0.25) is 0 Å². The Hall–Kier alpha value is -1.35. The summed E-state index contributed by atoms with van der Waals surface area (Å²) in [6, 6.07) is 8.53. The van der Waals surface area contributed by atoms with Gasteiger partial charge in [0.05, 0.1) is 6.61 Å². The van der Waals surface area contributed by atoms with Crippen molar-refractivity contribution >= 4 is 5.97 Å².